The van der Waals surface area contributed by atoms with Gasteiger partial charge in [0.15, 0.2) is 0 Å². The first-order valence-electron chi connectivity index (χ1n) is 5.88. The first-order chi connectivity index (χ1) is 6.72. The van der Waals surface area contributed by atoms with E-state index in [1.54, 1.807) is 0 Å². The Bertz CT molecular complexity index is 160. The highest BCUT2D eigenvalue weighted by atomic mass is 16.1. The molecule has 82 valence electrons. The van der Waals surface area contributed by atoms with Gasteiger partial charge >= 0.3 is 0 Å². The summed E-state index contributed by atoms with van der Waals surface area (Å²) in [6, 6.07) is 0. The minimum absolute atomic E-state index is 0.735. The third-order valence-corrected chi connectivity index (χ3v) is 2.99. The molecule has 0 aromatic rings. The van der Waals surface area contributed by atoms with Crippen molar-refractivity contribution >= 4 is 6.29 Å². The van der Waals surface area contributed by atoms with Gasteiger partial charge in [-0.05, 0) is 37.6 Å². The lowest BCUT2D eigenvalue weighted by Gasteiger charge is -2.34. The Morgan fingerprint density at radius 2 is 1.86 bits per heavy atom. The third kappa shape index (κ3) is 4.23. The maximum absolute atomic E-state index is 10.1. The van der Waals surface area contributed by atoms with Gasteiger partial charge in [0.05, 0.1) is 0 Å². The lowest BCUT2D eigenvalue weighted by Crippen LogP contribution is -2.39. The number of hydrogen-bond acceptors (Lipinski definition) is 2. The number of aldehydes is 1. The molecule has 0 aromatic carbocycles. The molecule has 2 nitrogen and oxygen atoms in total. The minimum atomic E-state index is 0.735. The highest BCUT2D eigenvalue weighted by Crippen LogP contribution is 2.20. The second-order valence-corrected chi connectivity index (χ2v) is 4.87. The molecule has 1 rings (SSSR count). The second-order valence-electron chi connectivity index (χ2n) is 4.87. The Hall–Kier alpha value is -0.370. The summed E-state index contributed by atoms with van der Waals surface area (Å²) in [5.74, 6) is 1.70. The van der Waals surface area contributed by atoms with Gasteiger partial charge in [-0.3, -0.25) is 0 Å². The lowest BCUT2D eigenvalue weighted by molar-refractivity contribution is -0.107. The zero-order chi connectivity index (χ0) is 10.4. The predicted molar refractivity (Wildman–Crippen MR) is 59.3 cm³/mol. The highest BCUT2D eigenvalue weighted by Gasteiger charge is 2.20. The molecule has 2 unspecified atom stereocenters. The molecule has 0 aliphatic carbocycles. The number of rotatable bonds is 5. The van der Waals surface area contributed by atoms with Gasteiger partial charge < -0.3 is 9.69 Å². The number of piperidine rings is 1. The quantitative estimate of drug-likeness (QED) is 0.498. The van der Waals surface area contributed by atoms with E-state index in [0.29, 0.717) is 0 Å². The summed E-state index contributed by atoms with van der Waals surface area (Å²) < 4.78 is 0. The molecule has 0 spiro atoms. The van der Waals surface area contributed by atoms with Crippen molar-refractivity contribution in [1.29, 1.82) is 0 Å². The van der Waals surface area contributed by atoms with Crippen LogP contribution in [0.1, 0.15) is 39.5 Å². The average molecular weight is 197 g/mol. The molecule has 1 fully saturated rings. The van der Waals surface area contributed by atoms with Crippen LogP contribution >= 0.6 is 0 Å². The van der Waals surface area contributed by atoms with Crippen LogP contribution in [0.3, 0.4) is 0 Å². The van der Waals surface area contributed by atoms with Crippen molar-refractivity contribution in [3.63, 3.8) is 0 Å². The monoisotopic (exact) mass is 197 g/mol. The van der Waals surface area contributed by atoms with Gasteiger partial charge in [-0.15, -0.1) is 0 Å². The van der Waals surface area contributed by atoms with Crippen LogP contribution in [0, 0.1) is 11.8 Å². The van der Waals surface area contributed by atoms with E-state index in [1.807, 2.05) is 0 Å². The summed E-state index contributed by atoms with van der Waals surface area (Å²) in [6.07, 6.45) is 5.38. The van der Waals surface area contributed by atoms with Gasteiger partial charge in [0.1, 0.15) is 6.29 Å². The number of carbonyl (C=O) groups is 1. The fraction of sp³-hybridized carbons (Fsp3) is 0.917. The van der Waals surface area contributed by atoms with Crippen LogP contribution in [-0.2, 0) is 4.79 Å². The number of unbranched alkanes of at least 4 members (excludes halogenated alkanes) is 2. The van der Waals surface area contributed by atoms with E-state index in [-0.39, 0.29) is 0 Å². The van der Waals surface area contributed by atoms with E-state index in [9.17, 15) is 4.79 Å². The maximum Gasteiger partial charge on any atom is 0.119 e. The second kappa shape index (κ2) is 6.18. The summed E-state index contributed by atoms with van der Waals surface area (Å²) >= 11 is 0. The van der Waals surface area contributed by atoms with Crippen molar-refractivity contribution in [3.8, 4) is 0 Å². The molecule has 2 heteroatoms. The molecule has 1 aliphatic rings. The molecule has 1 heterocycles. The molecular weight excluding hydrogens is 174 g/mol. The topological polar surface area (TPSA) is 20.3 Å². The van der Waals surface area contributed by atoms with Gasteiger partial charge in [-0.25, -0.2) is 0 Å². The van der Waals surface area contributed by atoms with E-state index in [1.165, 1.54) is 32.5 Å². The summed E-state index contributed by atoms with van der Waals surface area (Å²) in [6.45, 7) is 8.38. The summed E-state index contributed by atoms with van der Waals surface area (Å²) in [5.41, 5.74) is 0. The largest absolute Gasteiger partial charge is 0.303 e. The van der Waals surface area contributed by atoms with Gasteiger partial charge in [0.2, 0.25) is 0 Å². The molecule has 14 heavy (non-hydrogen) atoms. The zero-order valence-electron chi connectivity index (χ0n) is 9.54. The van der Waals surface area contributed by atoms with Gasteiger partial charge in [0.25, 0.3) is 0 Å². The zero-order valence-corrected chi connectivity index (χ0v) is 9.54. The van der Waals surface area contributed by atoms with Crippen molar-refractivity contribution in [1.82, 2.24) is 4.90 Å². The van der Waals surface area contributed by atoms with Crippen molar-refractivity contribution in [2.24, 2.45) is 11.8 Å². The molecule has 2 atom stereocenters. The van der Waals surface area contributed by atoms with Crippen molar-refractivity contribution < 1.29 is 4.79 Å². The van der Waals surface area contributed by atoms with E-state index < -0.39 is 0 Å². The normalized spacial score (nSPS) is 29.0. The lowest BCUT2D eigenvalue weighted by atomic mass is 9.92. The van der Waals surface area contributed by atoms with Crippen molar-refractivity contribution in [3.05, 3.63) is 0 Å². The van der Waals surface area contributed by atoms with Crippen LogP contribution < -0.4 is 0 Å². The molecule has 1 saturated heterocycles. The molecule has 0 radical (unpaired) electrons. The molecule has 1 aliphatic heterocycles. The van der Waals surface area contributed by atoms with Crippen LogP contribution in [0.2, 0.25) is 0 Å². The number of carbonyl (C=O) groups excluding carboxylic acids is 1. The standard InChI is InChI=1S/C12H23NO/c1-11-8-12(2)10-13(9-11)6-4-3-5-7-14/h7,11-12H,3-6,8-10H2,1-2H3. The SMILES string of the molecule is CC1CC(C)CN(CCCCC=O)C1. The van der Waals surface area contributed by atoms with Crippen LogP contribution in [0.5, 0.6) is 0 Å². The van der Waals surface area contributed by atoms with E-state index in [4.69, 9.17) is 0 Å². The maximum atomic E-state index is 10.1. The predicted octanol–water partition coefficient (Wildman–Crippen LogP) is 2.33. The number of nitrogens with zero attached hydrogens (tertiary/aromatic N) is 1. The Kier molecular flexibility index (Phi) is 5.16. The van der Waals surface area contributed by atoms with Crippen LogP contribution in [0.4, 0.5) is 0 Å². The smallest absolute Gasteiger partial charge is 0.119 e. The minimum Gasteiger partial charge on any atom is -0.303 e. The van der Waals surface area contributed by atoms with Crippen LogP contribution in [-0.4, -0.2) is 30.8 Å². The molecule has 0 aromatic heterocycles. The van der Waals surface area contributed by atoms with Gasteiger partial charge in [0, 0.05) is 19.5 Å². The van der Waals surface area contributed by atoms with Crippen molar-refractivity contribution in [2.45, 2.75) is 39.5 Å². The average Bonchev–Trinajstić information content (AvgIpc) is 2.11. The molecule has 0 saturated carbocycles. The molecule has 0 N–H and O–H groups in total. The van der Waals surface area contributed by atoms with E-state index >= 15 is 0 Å². The summed E-state index contributed by atoms with van der Waals surface area (Å²) in [4.78, 5) is 12.7. The van der Waals surface area contributed by atoms with Crippen LogP contribution in [0.15, 0.2) is 0 Å². The van der Waals surface area contributed by atoms with E-state index in [2.05, 4.69) is 18.7 Å². The van der Waals surface area contributed by atoms with Gasteiger partial charge in [-0.2, -0.15) is 0 Å². The fourth-order valence-corrected chi connectivity index (χ4v) is 2.54. The molecule has 0 bridgehead atoms. The molecular formula is C12H23NO. The summed E-state index contributed by atoms with van der Waals surface area (Å²) in [7, 11) is 0. The Morgan fingerprint density at radius 1 is 1.21 bits per heavy atom. The molecule has 0 amide bonds. The Morgan fingerprint density at radius 3 is 2.43 bits per heavy atom. The summed E-state index contributed by atoms with van der Waals surface area (Å²) in [5, 5.41) is 0. The van der Waals surface area contributed by atoms with Crippen molar-refractivity contribution in [2.75, 3.05) is 19.6 Å². The number of hydrogen-bond donors (Lipinski definition) is 0. The third-order valence-electron chi connectivity index (χ3n) is 2.99. The van der Waals surface area contributed by atoms with E-state index in [0.717, 1.165) is 31.0 Å². The first kappa shape index (κ1) is 11.7. The Balaban J connectivity index is 2.13. The Labute approximate surface area is 87.7 Å². The number of likely N-dealkylation sites (tertiary alicyclic amines) is 1. The van der Waals surface area contributed by atoms with Gasteiger partial charge in [-0.1, -0.05) is 13.8 Å². The highest BCUT2D eigenvalue weighted by molar-refractivity contribution is 5.48. The van der Waals surface area contributed by atoms with Crippen LogP contribution in [0.25, 0.3) is 0 Å². The fourth-order valence-electron chi connectivity index (χ4n) is 2.54. The first-order valence-corrected chi connectivity index (χ1v) is 5.88.